The zero-order valence-electron chi connectivity index (χ0n) is 28.0. The molecule has 2 heterocycles. The number of hydrogen-bond acceptors (Lipinski definition) is 8. The lowest BCUT2D eigenvalue weighted by Gasteiger charge is -2.43. The normalized spacial score (nSPS) is 17.8. The summed E-state index contributed by atoms with van der Waals surface area (Å²) < 4.78 is 5.75. The van der Waals surface area contributed by atoms with Crippen molar-refractivity contribution in [3.63, 3.8) is 0 Å². The molecule has 11 heteroatoms. The van der Waals surface area contributed by atoms with Crippen LogP contribution in [-0.4, -0.2) is 67.6 Å². The Hall–Kier alpha value is -4.84. The van der Waals surface area contributed by atoms with Crippen LogP contribution in [0.2, 0.25) is 0 Å². The van der Waals surface area contributed by atoms with Crippen molar-refractivity contribution >= 4 is 17.5 Å². The number of allylic oxidation sites excluding steroid dienone is 1. The third-order valence-corrected chi connectivity index (χ3v) is 9.64. The Kier molecular flexibility index (Phi) is 12.0. The van der Waals surface area contributed by atoms with Crippen LogP contribution in [0.4, 0.5) is 5.69 Å². The number of non-ortho nitro benzene ring substituents is 1. The second kappa shape index (κ2) is 16.5. The zero-order valence-corrected chi connectivity index (χ0v) is 28.0. The van der Waals surface area contributed by atoms with Crippen LogP contribution in [0.1, 0.15) is 55.2 Å². The van der Waals surface area contributed by atoms with E-state index in [9.17, 15) is 19.7 Å². The third-order valence-electron chi connectivity index (χ3n) is 9.64. The number of ether oxygens (including phenoxy) is 1. The fraction of sp³-hybridized carbons (Fsp3) is 0.368. The number of amides is 2. The van der Waals surface area contributed by atoms with Crippen LogP contribution < -0.4 is 22.1 Å². The summed E-state index contributed by atoms with van der Waals surface area (Å²) in [4.78, 5) is 40.2. The van der Waals surface area contributed by atoms with Gasteiger partial charge >= 0.3 is 0 Å². The van der Waals surface area contributed by atoms with Crippen molar-refractivity contribution in [1.29, 1.82) is 0 Å². The maximum Gasteiger partial charge on any atom is 0.269 e. The molecule has 2 aliphatic rings. The maximum atomic E-state index is 14.0. The van der Waals surface area contributed by atoms with Crippen LogP contribution in [-0.2, 0) is 19.7 Å². The summed E-state index contributed by atoms with van der Waals surface area (Å²) in [7, 11) is 0. The van der Waals surface area contributed by atoms with Gasteiger partial charge in [-0.1, -0.05) is 79.7 Å². The molecular weight excluding hydrogens is 620 g/mol. The van der Waals surface area contributed by atoms with Crippen molar-refractivity contribution in [3.8, 4) is 0 Å². The number of nitrogens with one attached hydrogen (secondary N) is 2. The molecule has 258 valence electrons. The van der Waals surface area contributed by atoms with Gasteiger partial charge in [0, 0.05) is 47.8 Å². The number of carbonyl (C=O) groups is 2. The summed E-state index contributed by atoms with van der Waals surface area (Å²) in [5.74, 6) is -1.87. The first-order chi connectivity index (χ1) is 23.8. The van der Waals surface area contributed by atoms with E-state index in [0.29, 0.717) is 42.0 Å². The predicted molar refractivity (Wildman–Crippen MR) is 189 cm³/mol. The van der Waals surface area contributed by atoms with Gasteiger partial charge in [0.1, 0.15) is 0 Å². The summed E-state index contributed by atoms with van der Waals surface area (Å²) in [5, 5.41) is 17.7. The molecule has 0 spiro atoms. The number of nitro groups is 1. The van der Waals surface area contributed by atoms with Crippen LogP contribution in [0, 0.1) is 10.1 Å². The second-order valence-corrected chi connectivity index (χ2v) is 12.5. The number of nitrogens with zero attached hydrogens (tertiary/aromatic N) is 2. The van der Waals surface area contributed by atoms with Crippen molar-refractivity contribution in [2.24, 2.45) is 11.5 Å². The average Bonchev–Trinajstić information content (AvgIpc) is 3.13. The number of primary amides is 1. The Balaban J connectivity index is 1.30. The topological polar surface area (TPSA) is 166 Å². The molecule has 0 radical (unpaired) electrons. The molecule has 2 amide bonds. The number of hydrogen-bond donors (Lipinski definition) is 4. The highest BCUT2D eigenvalue weighted by Crippen LogP contribution is 2.42. The summed E-state index contributed by atoms with van der Waals surface area (Å²) >= 11 is 0. The van der Waals surface area contributed by atoms with Crippen LogP contribution in [0.25, 0.3) is 0 Å². The molecule has 0 unspecified atom stereocenters. The quantitative estimate of drug-likeness (QED) is 0.106. The van der Waals surface area contributed by atoms with Gasteiger partial charge in [0.15, 0.2) is 0 Å². The lowest BCUT2D eigenvalue weighted by molar-refractivity contribution is -0.384. The number of nitro benzene ring substituents is 1. The van der Waals surface area contributed by atoms with Crippen LogP contribution in [0.15, 0.2) is 107 Å². The molecule has 11 nitrogen and oxygen atoms in total. The molecule has 6 N–H and O–H groups in total. The SMILES string of the molecule is CCC1=C(C(N)=O)[C@H](c2ccc([N+](=O)[O-])cc2)C(C(=O)NCCCN2CCC(c3ccccc3)(c3ccccc3)CC2)=C(COCCN)N1. The highest BCUT2D eigenvalue weighted by molar-refractivity contribution is 6.03. The Labute approximate surface area is 287 Å². The number of benzene rings is 3. The predicted octanol–water partition coefficient (Wildman–Crippen LogP) is 4.25. The summed E-state index contributed by atoms with van der Waals surface area (Å²) in [6.07, 6.45) is 3.17. The molecule has 3 aromatic rings. The molecule has 0 aromatic heterocycles. The molecule has 1 saturated heterocycles. The van der Waals surface area contributed by atoms with Gasteiger partial charge in [0.2, 0.25) is 11.8 Å². The third kappa shape index (κ3) is 8.07. The van der Waals surface area contributed by atoms with E-state index < -0.39 is 16.7 Å². The Bertz CT molecular complexity index is 1620. The first-order valence-electron chi connectivity index (χ1n) is 17.0. The van der Waals surface area contributed by atoms with Gasteiger partial charge in [-0.25, -0.2) is 0 Å². The minimum atomic E-state index is -0.836. The Morgan fingerprint density at radius 3 is 2.10 bits per heavy atom. The fourth-order valence-corrected chi connectivity index (χ4v) is 7.16. The van der Waals surface area contributed by atoms with Gasteiger partial charge in [-0.3, -0.25) is 19.7 Å². The van der Waals surface area contributed by atoms with Crippen LogP contribution in [0.3, 0.4) is 0 Å². The lowest BCUT2D eigenvalue weighted by atomic mass is 9.68. The number of carbonyl (C=O) groups excluding carboxylic acids is 2. The van der Waals surface area contributed by atoms with E-state index in [1.807, 2.05) is 6.92 Å². The Morgan fingerprint density at radius 2 is 1.57 bits per heavy atom. The summed E-state index contributed by atoms with van der Waals surface area (Å²) in [6, 6.07) is 27.3. The summed E-state index contributed by atoms with van der Waals surface area (Å²) in [5.41, 5.74) is 16.3. The molecule has 0 bridgehead atoms. The minimum absolute atomic E-state index is 0.0358. The first-order valence-corrected chi connectivity index (χ1v) is 17.0. The van der Waals surface area contributed by atoms with E-state index >= 15 is 0 Å². The van der Waals surface area contributed by atoms with Gasteiger partial charge in [-0.05, 0) is 62.0 Å². The summed E-state index contributed by atoms with van der Waals surface area (Å²) in [6.45, 7) is 5.64. The molecule has 1 atom stereocenters. The Morgan fingerprint density at radius 1 is 0.959 bits per heavy atom. The van der Waals surface area contributed by atoms with E-state index in [1.54, 1.807) is 12.1 Å². The van der Waals surface area contributed by atoms with Gasteiger partial charge < -0.3 is 31.7 Å². The van der Waals surface area contributed by atoms with E-state index in [2.05, 4.69) is 76.2 Å². The second-order valence-electron chi connectivity index (χ2n) is 12.5. The highest BCUT2D eigenvalue weighted by Gasteiger charge is 2.39. The monoisotopic (exact) mass is 666 g/mol. The number of rotatable bonds is 15. The number of likely N-dealkylation sites (tertiary alicyclic amines) is 1. The van der Waals surface area contributed by atoms with Gasteiger partial charge in [-0.2, -0.15) is 0 Å². The lowest BCUT2D eigenvalue weighted by Crippen LogP contribution is -2.44. The largest absolute Gasteiger partial charge is 0.374 e. The van der Waals surface area contributed by atoms with Crippen molar-refractivity contribution in [2.75, 3.05) is 45.9 Å². The van der Waals surface area contributed by atoms with Gasteiger partial charge in [0.25, 0.3) is 5.69 Å². The minimum Gasteiger partial charge on any atom is -0.374 e. The molecule has 3 aromatic carbocycles. The first kappa shape index (κ1) is 35.5. The maximum absolute atomic E-state index is 14.0. The van der Waals surface area contributed by atoms with Crippen molar-refractivity contribution in [2.45, 2.75) is 43.9 Å². The average molecular weight is 667 g/mol. The van der Waals surface area contributed by atoms with Gasteiger partial charge in [-0.15, -0.1) is 0 Å². The number of dihydropyridines is 1. The van der Waals surface area contributed by atoms with Crippen LogP contribution in [0.5, 0.6) is 0 Å². The van der Waals surface area contributed by atoms with E-state index in [1.165, 1.54) is 23.3 Å². The van der Waals surface area contributed by atoms with Crippen molar-refractivity contribution < 1.29 is 19.2 Å². The number of nitrogens with two attached hydrogens (primary N) is 2. The van der Waals surface area contributed by atoms with Crippen LogP contribution >= 0.6 is 0 Å². The van der Waals surface area contributed by atoms with E-state index in [0.717, 1.165) is 38.9 Å². The smallest absolute Gasteiger partial charge is 0.269 e. The van der Waals surface area contributed by atoms with Crippen molar-refractivity contribution in [3.05, 3.63) is 134 Å². The fourth-order valence-electron chi connectivity index (χ4n) is 7.16. The number of piperidine rings is 1. The van der Waals surface area contributed by atoms with Gasteiger partial charge in [0.05, 0.1) is 29.4 Å². The molecule has 2 aliphatic heterocycles. The van der Waals surface area contributed by atoms with E-state index in [4.69, 9.17) is 16.2 Å². The molecule has 5 rings (SSSR count). The molecule has 0 saturated carbocycles. The van der Waals surface area contributed by atoms with Crippen molar-refractivity contribution in [1.82, 2.24) is 15.5 Å². The molecule has 1 fully saturated rings. The molecule has 0 aliphatic carbocycles. The highest BCUT2D eigenvalue weighted by atomic mass is 16.6. The molecular formula is C38H46N6O5. The zero-order chi connectivity index (χ0) is 34.8. The molecule has 49 heavy (non-hydrogen) atoms. The standard InChI is InChI=1S/C38H46N6O5/c1-2-31-34(36(40)45)33(27-14-16-30(17-15-27)44(47)48)35(32(42-31)26-49-25-20-39)37(46)41-21-9-22-43-23-18-38(19-24-43,28-10-5-3-6-11-28)29-12-7-4-8-13-29/h3-8,10-17,33,42H,2,9,18-26,39H2,1H3,(H2,40,45)(H,41,46)/t33-/m0/s1. The van der Waals surface area contributed by atoms with E-state index in [-0.39, 0.29) is 35.8 Å².